The van der Waals surface area contributed by atoms with Gasteiger partial charge in [0.25, 0.3) is 0 Å². The van der Waals surface area contributed by atoms with Crippen molar-refractivity contribution in [1.29, 1.82) is 0 Å². The van der Waals surface area contributed by atoms with Gasteiger partial charge in [-0.2, -0.15) is 5.10 Å². The maximum absolute atomic E-state index is 13.6. The molecule has 1 aliphatic carbocycles. The van der Waals surface area contributed by atoms with E-state index in [0.29, 0.717) is 12.1 Å². The van der Waals surface area contributed by atoms with E-state index in [-0.39, 0.29) is 17.7 Å². The first-order chi connectivity index (χ1) is 18.9. The number of hydrogen-bond donors (Lipinski definition) is 2. The van der Waals surface area contributed by atoms with Crippen molar-refractivity contribution in [2.75, 3.05) is 11.9 Å². The summed E-state index contributed by atoms with van der Waals surface area (Å²) in [5.41, 5.74) is 7.53. The second-order valence-corrected chi connectivity index (χ2v) is 10.5. The molecular formula is C33H36N4O2. The molecule has 0 radical (unpaired) electrons. The van der Waals surface area contributed by atoms with E-state index in [1.807, 2.05) is 49.4 Å². The van der Waals surface area contributed by atoms with Gasteiger partial charge in [0.1, 0.15) is 5.69 Å². The summed E-state index contributed by atoms with van der Waals surface area (Å²) in [6.45, 7) is 6.51. The SMILES string of the molecule is CCc1cccc(-n2nc(C)cc2C(=O)Cc2cccc(C(NCC3CC3)c3ccc(NC(C)=O)cc3)c2)c1. The number of carbonyl (C=O) groups excluding carboxylic acids is 2. The van der Waals surface area contributed by atoms with Crippen LogP contribution in [0, 0.1) is 12.8 Å². The Bertz CT molecular complexity index is 1470. The maximum Gasteiger partial charge on any atom is 0.221 e. The zero-order valence-corrected chi connectivity index (χ0v) is 22.9. The Kier molecular flexibility index (Phi) is 8.03. The van der Waals surface area contributed by atoms with Gasteiger partial charge in [-0.3, -0.25) is 9.59 Å². The molecule has 6 nitrogen and oxygen atoms in total. The molecular weight excluding hydrogens is 484 g/mol. The Labute approximate surface area is 230 Å². The van der Waals surface area contributed by atoms with Crippen LogP contribution in [0.15, 0.2) is 78.9 Å². The normalized spacial score (nSPS) is 13.7. The van der Waals surface area contributed by atoms with Gasteiger partial charge in [-0.1, -0.05) is 55.5 Å². The van der Waals surface area contributed by atoms with Crippen LogP contribution < -0.4 is 10.6 Å². The Morgan fingerprint density at radius 2 is 1.69 bits per heavy atom. The minimum atomic E-state index is -0.0851. The molecule has 1 fully saturated rings. The molecule has 1 atom stereocenters. The summed E-state index contributed by atoms with van der Waals surface area (Å²) in [6.07, 6.45) is 3.76. The zero-order chi connectivity index (χ0) is 27.4. The average molecular weight is 521 g/mol. The molecule has 1 amide bonds. The summed E-state index contributed by atoms with van der Waals surface area (Å²) in [5, 5.41) is 11.2. The summed E-state index contributed by atoms with van der Waals surface area (Å²) < 4.78 is 1.78. The molecule has 2 N–H and O–H groups in total. The van der Waals surface area contributed by atoms with E-state index in [1.165, 1.54) is 25.3 Å². The van der Waals surface area contributed by atoms with Crippen LogP contribution in [0.5, 0.6) is 0 Å². The van der Waals surface area contributed by atoms with E-state index in [4.69, 9.17) is 0 Å². The zero-order valence-electron chi connectivity index (χ0n) is 22.9. The van der Waals surface area contributed by atoms with Crippen LogP contribution in [0.1, 0.15) is 71.2 Å². The van der Waals surface area contributed by atoms with Crippen LogP contribution in [0.25, 0.3) is 5.69 Å². The Balaban J connectivity index is 1.39. The lowest BCUT2D eigenvalue weighted by atomic mass is 9.95. The predicted molar refractivity (Wildman–Crippen MR) is 155 cm³/mol. The minimum Gasteiger partial charge on any atom is -0.326 e. The molecule has 1 aromatic heterocycles. The lowest BCUT2D eigenvalue weighted by Gasteiger charge is -2.21. The van der Waals surface area contributed by atoms with Gasteiger partial charge in [0.15, 0.2) is 5.78 Å². The summed E-state index contributed by atoms with van der Waals surface area (Å²) in [5.74, 6) is 0.681. The molecule has 0 spiro atoms. The topological polar surface area (TPSA) is 76.0 Å². The van der Waals surface area contributed by atoms with E-state index >= 15 is 0 Å². The first-order valence-electron chi connectivity index (χ1n) is 13.8. The molecule has 3 aromatic carbocycles. The quantitative estimate of drug-likeness (QED) is 0.230. The molecule has 0 saturated heterocycles. The van der Waals surface area contributed by atoms with E-state index in [1.54, 1.807) is 4.68 Å². The first-order valence-corrected chi connectivity index (χ1v) is 13.8. The number of aromatic nitrogens is 2. The van der Waals surface area contributed by atoms with Gasteiger partial charge in [0.05, 0.1) is 17.4 Å². The maximum atomic E-state index is 13.6. The molecule has 1 heterocycles. The predicted octanol–water partition coefficient (Wildman–Crippen LogP) is 6.22. The Hall–Kier alpha value is -4.03. The number of ketones is 1. The lowest BCUT2D eigenvalue weighted by Crippen LogP contribution is -2.25. The molecule has 0 aliphatic heterocycles. The number of carbonyl (C=O) groups is 2. The van der Waals surface area contributed by atoms with Gasteiger partial charge in [0.2, 0.25) is 5.91 Å². The molecule has 39 heavy (non-hydrogen) atoms. The van der Waals surface area contributed by atoms with Crippen molar-refractivity contribution in [2.24, 2.45) is 5.92 Å². The highest BCUT2D eigenvalue weighted by atomic mass is 16.1. The lowest BCUT2D eigenvalue weighted by molar-refractivity contribution is -0.114. The smallest absolute Gasteiger partial charge is 0.221 e. The van der Waals surface area contributed by atoms with Crippen molar-refractivity contribution in [2.45, 2.75) is 52.5 Å². The third-order valence-corrected chi connectivity index (χ3v) is 7.20. The van der Waals surface area contributed by atoms with Crippen LogP contribution in [-0.4, -0.2) is 28.0 Å². The highest BCUT2D eigenvalue weighted by Crippen LogP contribution is 2.31. The third kappa shape index (κ3) is 6.70. The van der Waals surface area contributed by atoms with Crippen molar-refractivity contribution < 1.29 is 9.59 Å². The third-order valence-electron chi connectivity index (χ3n) is 7.20. The largest absolute Gasteiger partial charge is 0.326 e. The van der Waals surface area contributed by atoms with Gasteiger partial charge in [-0.15, -0.1) is 0 Å². The Morgan fingerprint density at radius 3 is 2.41 bits per heavy atom. The number of nitrogens with zero attached hydrogens (tertiary/aromatic N) is 2. The second kappa shape index (κ2) is 11.8. The van der Waals surface area contributed by atoms with Crippen LogP contribution in [0.4, 0.5) is 5.69 Å². The van der Waals surface area contributed by atoms with Crippen molar-refractivity contribution >= 4 is 17.4 Å². The van der Waals surface area contributed by atoms with Crippen LogP contribution >= 0.6 is 0 Å². The number of benzene rings is 3. The van der Waals surface area contributed by atoms with E-state index in [2.05, 4.69) is 59.1 Å². The highest BCUT2D eigenvalue weighted by Gasteiger charge is 2.24. The number of aryl methyl sites for hydroxylation is 2. The van der Waals surface area contributed by atoms with Crippen LogP contribution in [0.3, 0.4) is 0 Å². The van der Waals surface area contributed by atoms with Crippen molar-refractivity contribution in [3.05, 3.63) is 113 Å². The molecule has 6 heteroatoms. The van der Waals surface area contributed by atoms with Gasteiger partial charge >= 0.3 is 0 Å². The van der Waals surface area contributed by atoms with Crippen LogP contribution in [-0.2, 0) is 17.6 Å². The molecule has 5 rings (SSSR count). The summed E-state index contributed by atoms with van der Waals surface area (Å²) in [7, 11) is 0. The fourth-order valence-corrected chi connectivity index (χ4v) is 4.96. The van der Waals surface area contributed by atoms with E-state index in [0.717, 1.165) is 52.6 Å². The number of hydrogen-bond acceptors (Lipinski definition) is 4. The molecule has 0 bridgehead atoms. The summed E-state index contributed by atoms with van der Waals surface area (Å²) >= 11 is 0. The van der Waals surface area contributed by atoms with Crippen LogP contribution in [0.2, 0.25) is 0 Å². The summed E-state index contributed by atoms with van der Waals surface area (Å²) in [4.78, 5) is 25.0. The second-order valence-electron chi connectivity index (χ2n) is 10.5. The van der Waals surface area contributed by atoms with Gasteiger partial charge in [-0.05, 0) is 91.2 Å². The van der Waals surface area contributed by atoms with Gasteiger partial charge in [-0.25, -0.2) is 4.68 Å². The fourth-order valence-electron chi connectivity index (χ4n) is 4.96. The molecule has 4 aromatic rings. The molecule has 200 valence electrons. The van der Waals surface area contributed by atoms with Crippen molar-refractivity contribution in [3.63, 3.8) is 0 Å². The summed E-state index contributed by atoms with van der Waals surface area (Å²) in [6, 6.07) is 26.4. The number of anilines is 1. The first kappa shape index (κ1) is 26.6. The number of Topliss-reactive ketones (excluding diaryl/α,β-unsaturated/α-hetero) is 1. The fraction of sp³-hybridized carbons (Fsp3) is 0.303. The molecule has 1 aliphatic rings. The molecule has 1 unspecified atom stereocenters. The van der Waals surface area contributed by atoms with Gasteiger partial charge in [0, 0.05) is 19.0 Å². The van der Waals surface area contributed by atoms with Crippen molar-refractivity contribution in [1.82, 2.24) is 15.1 Å². The number of amides is 1. The standard InChI is InChI=1S/C33H36N4O2/c1-4-24-7-6-10-30(19-24)37-31(17-22(2)36-37)32(39)20-26-8-5-9-28(18-26)33(34-21-25-11-12-25)27-13-15-29(16-14-27)35-23(3)38/h5-10,13-19,25,33-34H,4,11-12,20-21H2,1-3H3,(H,35,38). The minimum absolute atomic E-state index is 0.00316. The average Bonchev–Trinajstić information content (AvgIpc) is 3.68. The van der Waals surface area contributed by atoms with E-state index < -0.39 is 0 Å². The highest BCUT2D eigenvalue weighted by molar-refractivity contribution is 5.96. The van der Waals surface area contributed by atoms with Crippen molar-refractivity contribution in [3.8, 4) is 5.69 Å². The number of nitrogens with one attached hydrogen (secondary N) is 2. The van der Waals surface area contributed by atoms with Gasteiger partial charge < -0.3 is 10.6 Å². The number of rotatable bonds is 11. The van der Waals surface area contributed by atoms with E-state index in [9.17, 15) is 9.59 Å². The monoisotopic (exact) mass is 520 g/mol. The Morgan fingerprint density at radius 1 is 0.949 bits per heavy atom. The molecule has 1 saturated carbocycles.